The third kappa shape index (κ3) is 3.24. The van der Waals surface area contributed by atoms with Gasteiger partial charge in [-0.25, -0.2) is 19.1 Å². The lowest BCUT2D eigenvalue weighted by Crippen LogP contribution is -2.10. The molecule has 1 aromatic carbocycles. The van der Waals surface area contributed by atoms with E-state index in [0.717, 1.165) is 11.3 Å². The van der Waals surface area contributed by atoms with Gasteiger partial charge in [0.05, 0.1) is 23.4 Å². The second-order valence-electron chi connectivity index (χ2n) is 6.94. The summed E-state index contributed by atoms with van der Waals surface area (Å²) in [7, 11) is 0. The highest BCUT2D eigenvalue weighted by Crippen LogP contribution is 2.34. The van der Waals surface area contributed by atoms with Crippen LogP contribution in [0.25, 0.3) is 16.8 Å². The molecule has 0 radical (unpaired) electrons. The molecule has 0 amide bonds. The number of carboxylic acids is 1. The van der Waals surface area contributed by atoms with Crippen molar-refractivity contribution < 1.29 is 19.4 Å². The van der Waals surface area contributed by atoms with Gasteiger partial charge in [-0.05, 0) is 44.4 Å². The molecule has 0 fully saturated rings. The number of ether oxygens (including phenoxy) is 1. The van der Waals surface area contributed by atoms with E-state index in [1.165, 1.54) is 0 Å². The van der Waals surface area contributed by atoms with Crippen molar-refractivity contribution in [2.45, 2.75) is 40.5 Å². The number of rotatable bonds is 5. The Balaban J connectivity index is 2.41. The molecule has 2 heterocycles. The number of hydrogen-bond donors (Lipinski definition) is 1. The van der Waals surface area contributed by atoms with E-state index in [1.807, 2.05) is 33.8 Å². The Morgan fingerprint density at radius 3 is 2.54 bits per heavy atom. The van der Waals surface area contributed by atoms with E-state index in [0.29, 0.717) is 28.0 Å². The van der Waals surface area contributed by atoms with E-state index in [1.54, 1.807) is 29.6 Å². The number of aromatic carboxylic acids is 1. The molecule has 3 aromatic rings. The lowest BCUT2D eigenvalue weighted by atomic mass is 9.95. The minimum absolute atomic E-state index is 0.0390. The molecule has 146 valence electrons. The number of hydrogen-bond acceptors (Lipinski definition) is 5. The van der Waals surface area contributed by atoms with Crippen LogP contribution in [-0.4, -0.2) is 38.3 Å². The molecular formula is C21H23N3O4. The summed E-state index contributed by atoms with van der Waals surface area (Å²) in [6.07, 6.45) is 0. The average molecular weight is 381 g/mol. The number of esters is 1. The zero-order valence-corrected chi connectivity index (χ0v) is 16.6. The van der Waals surface area contributed by atoms with Crippen LogP contribution >= 0.6 is 0 Å². The van der Waals surface area contributed by atoms with Crippen molar-refractivity contribution in [1.82, 2.24) is 14.6 Å². The molecule has 7 nitrogen and oxygen atoms in total. The fraction of sp³-hybridized carbons (Fsp3) is 0.333. The van der Waals surface area contributed by atoms with Crippen molar-refractivity contribution in [3.05, 3.63) is 52.5 Å². The molecule has 0 aliphatic rings. The van der Waals surface area contributed by atoms with E-state index < -0.39 is 11.9 Å². The minimum Gasteiger partial charge on any atom is -0.477 e. The van der Waals surface area contributed by atoms with Crippen LogP contribution in [-0.2, 0) is 4.74 Å². The van der Waals surface area contributed by atoms with Crippen molar-refractivity contribution in [3.63, 3.8) is 0 Å². The van der Waals surface area contributed by atoms with Crippen LogP contribution in [0.5, 0.6) is 0 Å². The van der Waals surface area contributed by atoms with Crippen molar-refractivity contribution in [1.29, 1.82) is 0 Å². The topological polar surface area (TPSA) is 93.8 Å². The number of fused-ring (bicyclic) bond motifs is 1. The molecule has 0 saturated heterocycles. The van der Waals surface area contributed by atoms with Gasteiger partial charge in [0.1, 0.15) is 0 Å². The molecule has 0 aliphatic carbocycles. The third-order valence-corrected chi connectivity index (χ3v) is 4.62. The van der Waals surface area contributed by atoms with Gasteiger partial charge in [0, 0.05) is 11.3 Å². The summed E-state index contributed by atoms with van der Waals surface area (Å²) < 4.78 is 6.89. The maximum atomic E-state index is 12.5. The van der Waals surface area contributed by atoms with Crippen molar-refractivity contribution >= 4 is 17.6 Å². The smallest absolute Gasteiger partial charge is 0.354 e. The summed E-state index contributed by atoms with van der Waals surface area (Å²) in [5.41, 5.74) is 4.35. The highest BCUT2D eigenvalue weighted by atomic mass is 16.5. The van der Waals surface area contributed by atoms with Crippen LogP contribution < -0.4 is 0 Å². The number of benzene rings is 1. The Morgan fingerprint density at radius 2 is 1.93 bits per heavy atom. The van der Waals surface area contributed by atoms with Crippen LogP contribution in [0.2, 0.25) is 0 Å². The van der Waals surface area contributed by atoms with Crippen LogP contribution in [0, 0.1) is 13.8 Å². The highest BCUT2D eigenvalue weighted by Gasteiger charge is 2.25. The predicted octanol–water partition coefficient (Wildman–Crippen LogP) is 4.01. The predicted molar refractivity (Wildman–Crippen MR) is 105 cm³/mol. The fourth-order valence-electron chi connectivity index (χ4n) is 3.34. The summed E-state index contributed by atoms with van der Waals surface area (Å²) >= 11 is 0. The summed E-state index contributed by atoms with van der Waals surface area (Å²) in [5, 5.41) is 14.1. The standard InChI is InChI=1S/C21H23N3O4/c1-6-28-21(27)14-9-7-8-12(4)17(14)18-13(5)23-24-16(11(2)3)10-15(20(25)26)22-19(18)24/h7-11H,6H2,1-5H3,(H,25,26). The quantitative estimate of drug-likeness (QED) is 0.671. The normalized spacial score (nSPS) is 11.2. The molecule has 0 aliphatic heterocycles. The first-order valence-electron chi connectivity index (χ1n) is 9.16. The van der Waals surface area contributed by atoms with Crippen LogP contribution in [0.15, 0.2) is 24.3 Å². The minimum atomic E-state index is -1.11. The van der Waals surface area contributed by atoms with Crippen molar-refractivity contribution in [3.8, 4) is 11.1 Å². The van der Waals surface area contributed by atoms with Gasteiger partial charge < -0.3 is 9.84 Å². The number of aryl methyl sites for hydroxylation is 2. The molecule has 2 aromatic heterocycles. The zero-order chi connectivity index (χ0) is 20.6. The van der Waals surface area contributed by atoms with Gasteiger partial charge in [-0.1, -0.05) is 26.0 Å². The molecule has 0 unspecified atom stereocenters. The van der Waals surface area contributed by atoms with Gasteiger partial charge in [-0.2, -0.15) is 5.10 Å². The average Bonchev–Trinajstić information content (AvgIpc) is 2.96. The number of carbonyl (C=O) groups excluding carboxylic acids is 1. The molecule has 0 spiro atoms. The first-order chi connectivity index (χ1) is 13.3. The number of carboxylic acid groups (broad SMARTS) is 1. The fourth-order valence-corrected chi connectivity index (χ4v) is 3.34. The highest BCUT2D eigenvalue weighted by molar-refractivity contribution is 6.01. The zero-order valence-electron chi connectivity index (χ0n) is 16.6. The van der Waals surface area contributed by atoms with Crippen LogP contribution in [0.3, 0.4) is 0 Å². The summed E-state index contributed by atoms with van der Waals surface area (Å²) in [6, 6.07) is 6.93. The number of nitrogens with zero attached hydrogens (tertiary/aromatic N) is 3. The van der Waals surface area contributed by atoms with Gasteiger partial charge in [-0.3, -0.25) is 0 Å². The monoisotopic (exact) mass is 381 g/mol. The van der Waals surface area contributed by atoms with E-state index >= 15 is 0 Å². The van der Waals surface area contributed by atoms with Crippen LogP contribution in [0.1, 0.15) is 64.5 Å². The molecule has 3 rings (SSSR count). The first kappa shape index (κ1) is 19.5. The second-order valence-corrected chi connectivity index (χ2v) is 6.94. The van der Waals surface area contributed by atoms with E-state index in [9.17, 15) is 14.7 Å². The van der Waals surface area contributed by atoms with Gasteiger partial charge in [0.25, 0.3) is 0 Å². The summed E-state index contributed by atoms with van der Waals surface area (Å²) in [6.45, 7) is 9.67. The van der Waals surface area contributed by atoms with Gasteiger partial charge in [-0.15, -0.1) is 0 Å². The Labute approximate surface area is 163 Å². The third-order valence-electron chi connectivity index (χ3n) is 4.62. The Hall–Kier alpha value is -3.22. The van der Waals surface area contributed by atoms with Gasteiger partial charge >= 0.3 is 11.9 Å². The van der Waals surface area contributed by atoms with Gasteiger partial charge in [0.15, 0.2) is 11.3 Å². The summed E-state index contributed by atoms with van der Waals surface area (Å²) in [4.78, 5) is 28.5. The molecular weight excluding hydrogens is 358 g/mol. The first-order valence-corrected chi connectivity index (χ1v) is 9.16. The largest absolute Gasteiger partial charge is 0.477 e. The summed E-state index contributed by atoms with van der Waals surface area (Å²) in [5.74, 6) is -1.50. The van der Waals surface area contributed by atoms with E-state index in [-0.39, 0.29) is 18.2 Å². The lowest BCUT2D eigenvalue weighted by molar-refractivity contribution is 0.0526. The van der Waals surface area contributed by atoms with E-state index in [2.05, 4.69) is 10.1 Å². The number of carbonyl (C=O) groups is 2. The molecule has 0 atom stereocenters. The molecule has 7 heteroatoms. The van der Waals surface area contributed by atoms with Crippen molar-refractivity contribution in [2.75, 3.05) is 6.61 Å². The molecule has 28 heavy (non-hydrogen) atoms. The second kappa shape index (κ2) is 7.42. The van der Waals surface area contributed by atoms with Gasteiger partial charge in [0.2, 0.25) is 0 Å². The molecule has 0 bridgehead atoms. The molecule has 1 N–H and O–H groups in total. The maximum absolute atomic E-state index is 12.5. The van der Waals surface area contributed by atoms with Crippen molar-refractivity contribution in [2.24, 2.45) is 0 Å². The van der Waals surface area contributed by atoms with E-state index in [4.69, 9.17) is 4.74 Å². The lowest BCUT2D eigenvalue weighted by Gasteiger charge is -2.13. The number of aromatic nitrogens is 3. The Morgan fingerprint density at radius 1 is 1.21 bits per heavy atom. The Kier molecular flexibility index (Phi) is 5.18. The van der Waals surface area contributed by atoms with Crippen LogP contribution in [0.4, 0.5) is 0 Å². The maximum Gasteiger partial charge on any atom is 0.354 e. The SMILES string of the molecule is CCOC(=O)c1cccc(C)c1-c1c(C)nn2c(C(C)C)cc(C(=O)O)nc12. The Bertz CT molecular complexity index is 1080. The molecule has 0 saturated carbocycles.